The molecular formula is C50H33N5. The van der Waals surface area contributed by atoms with Gasteiger partial charge in [-0.3, -0.25) is 19.9 Å². The molecular weight excluding hydrogens is 671 g/mol. The molecule has 5 aromatic carbocycles. The van der Waals surface area contributed by atoms with Gasteiger partial charge in [-0.1, -0.05) is 60.7 Å². The fourth-order valence-electron chi connectivity index (χ4n) is 7.62. The molecule has 55 heavy (non-hydrogen) atoms. The van der Waals surface area contributed by atoms with Gasteiger partial charge in [0.1, 0.15) is 0 Å². The van der Waals surface area contributed by atoms with Crippen LogP contribution in [0.3, 0.4) is 0 Å². The number of pyridine rings is 4. The molecule has 5 aromatic heterocycles. The standard InChI is InChI=1S/C50H33N5/c1-2-12-46(13-3-1)55-49-17-15-34(40-22-42(36-8-4-18-51-30-36)26-43(23-40)37-9-5-19-52-31-37)28-48(49)47-16-14-35(29-50(47)55)41-24-44(38-10-6-20-53-32-38)27-45(25-41)39-11-7-21-54-33-39/h1-33H. The van der Waals surface area contributed by atoms with Crippen LogP contribution < -0.4 is 0 Å². The Kier molecular flexibility index (Phi) is 8.08. The van der Waals surface area contributed by atoms with Gasteiger partial charge in [0.05, 0.1) is 11.0 Å². The van der Waals surface area contributed by atoms with Crippen molar-refractivity contribution in [2.24, 2.45) is 0 Å². The van der Waals surface area contributed by atoms with Crippen molar-refractivity contribution in [3.63, 3.8) is 0 Å². The number of para-hydroxylation sites is 1. The van der Waals surface area contributed by atoms with Crippen LogP contribution in [0.15, 0.2) is 201 Å². The fourth-order valence-corrected chi connectivity index (χ4v) is 7.62. The molecule has 5 heteroatoms. The van der Waals surface area contributed by atoms with Gasteiger partial charge in [0.15, 0.2) is 0 Å². The van der Waals surface area contributed by atoms with Crippen molar-refractivity contribution in [3.8, 4) is 72.4 Å². The number of hydrogen-bond donors (Lipinski definition) is 0. The summed E-state index contributed by atoms with van der Waals surface area (Å²) in [7, 11) is 0. The van der Waals surface area contributed by atoms with Crippen LogP contribution in [0.2, 0.25) is 0 Å². The van der Waals surface area contributed by atoms with E-state index in [2.05, 4.69) is 152 Å². The summed E-state index contributed by atoms with van der Waals surface area (Å²) in [4.78, 5) is 17.7. The Bertz CT molecular complexity index is 2830. The molecule has 0 aliphatic rings. The summed E-state index contributed by atoms with van der Waals surface area (Å²) in [5.74, 6) is 0. The fraction of sp³-hybridized carbons (Fsp3) is 0. The monoisotopic (exact) mass is 703 g/mol. The Balaban J connectivity index is 1.17. The lowest BCUT2D eigenvalue weighted by molar-refractivity contribution is 1.18. The van der Waals surface area contributed by atoms with E-state index in [0.29, 0.717) is 0 Å². The molecule has 0 bridgehead atoms. The normalized spacial score (nSPS) is 11.3. The van der Waals surface area contributed by atoms with E-state index >= 15 is 0 Å². The van der Waals surface area contributed by atoms with Gasteiger partial charge < -0.3 is 4.57 Å². The highest BCUT2D eigenvalue weighted by Crippen LogP contribution is 2.40. The molecule has 0 atom stereocenters. The molecule has 0 N–H and O–H groups in total. The second-order valence-electron chi connectivity index (χ2n) is 13.7. The third kappa shape index (κ3) is 6.14. The number of benzene rings is 5. The third-order valence-corrected chi connectivity index (χ3v) is 10.3. The molecule has 0 unspecified atom stereocenters. The van der Waals surface area contributed by atoms with Crippen LogP contribution in [0.1, 0.15) is 0 Å². The van der Waals surface area contributed by atoms with E-state index < -0.39 is 0 Å². The van der Waals surface area contributed by atoms with Crippen molar-refractivity contribution >= 4 is 21.8 Å². The molecule has 0 amide bonds. The Morgan fingerprint density at radius 2 is 0.691 bits per heavy atom. The van der Waals surface area contributed by atoms with E-state index in [0.717, 1.165) is 83.5 Å². The Morgan fingerprint density at radius 1 is 0.273 bits per heavy atom. The first-order valence-electron chi connectivity index (χ1n) is 18.3. The van der Waals surface area contributed by atoms with Gasteiger partial charge >= 0.3 is 0 Å². The lowest BCUT2D eigenvalue weighted by Crippen LogP contribution is -1.94. The van der Waals surface area contributed by atoms with Crippen molar-refractivity contribution in [3.05, 3.63) is 201 Å². The molecule has 5 heterocycles. The summed E-state index contributed by atoms with van der Waals surface area (Å²) in [5.41, 5.74) is 16.7. The molecule has 0 aliphatic heterocycles. The summed E-state index contributed by atoms with van der Waals surface area (Å²) in [6, 6.07) is 54.3. The van der Waals surface area contributed by atoms with Crippen LogP contribution >= 0.6 is 0 Å². The molecule has 0 fully saturated rings. The largest absolute Gasteiger partial charge is 0.309 e. The number of aromatic nitrogens is 5. The van der Waals surface area contributed by atoms with Gasteiger partial charge in [-0.2, -0.15) is 0 Å². The van der Waals surface area contributed by atoms with Crippen LogP contribution in [0, 0.1) is 0 Å². The van der Waals surface area contributed by atoms with E-state index in [-0.39, 0.29) is 0 Å². The highest BCUT2D eigenvalue weighted by molar-refractivity contribution is 6.11. The lowest BCUT2D eigenvalue weighted by Gasteiger charge is -2.12. The maximum atomic E-state index is 4.42. The zero-order valence-corrected chi connectivity index (χ0v) is 29.8. The second-order valence-corrected chi connectivity index (χ2v) is 13.7. The number of rotatable bonds is 7. The van der Waals surface area contributed by atoms with Crippen LogP contribution in [0.4, 0.5) is 0 Å². The lowest BCUT2D eigenvalue weighted by atomic mass is 9.93. The zero-order chi connectivity index (χ0) is 36.6. The first kappa shape index (κ1) is 32.2. The number of nitrogens with zero attached hydrogens (tertiary/aromatic N) is 5. The maximum Gasteiger partial charge on any atom is 0.0547 e. The quantitative estimate of drug-likeness (QED) is 0.166. The summed E-state index contributed by atoms with van der Waals surface area (Å²) < 4.78 is 2.39. The Hall–Kier alpha value is -7.50. The molecule has 10 rings (SSSR count). The highest BCUT2D eigenvalue weighted by atomic mass is 15.0. The van der Waals surface area contributed by atoms with Gasteiger partial charge in [0.2, 0.25) is 0 Å². The molecule has 0 saturated carbocycles. The molecule has 258 valence electrons. The van der Waals surface area contributed by atoms with Crippen molar-refractivity contribution < 1.29 is 0 Å². The Labute approximate surface area is 318 Å². The van der Waals surface area contributed by atoms with E-state index in [1.54, 1.807) is 0 Å². The first-order valence-corrected chi connectivity index (χ1v) is 18.3. The summed E-state index contributed by atoms with van der Waals surface area (Å²) in [6.07, 6.45) is 14.9. The molecule has 5 nitrogen and oxygen atoms in total. The zero-order valence-electron chi connectivity index (χ0n) is 29.8. The molecule has 0 spiro atoms. The van der Waals surface area contributed by atoms with Crippen molar-refractivity contribution in [1.29, 1.82) is 0 Å². The predicted molar refractivity (Wildman–Crippen MR) is 225 cm³/mol. The summed E-state index contributed by atoms with van der Waals surface area (Å²) >= 11 is 0. The van der Waals surface area contributed by atoms with E-state index in [1.165, 1.54) is 10.8 Å². The van der Waals surface area contributed by atoms with Crippen LogP contribution in [-0.4, -0.2) is 24.5 Å². The van der Waals surface area contributed by atoms with Gasteiger partial charge in [0, 0.05) is 88.3 Å². The van der Waals surface area contributed by atoms with Crippen molar-refractivity contribution in [1.82, 2.24) is 24.5 Å². The van der Waals surface area contributed by atoms with E-state index in [4.69, 9.17) is 0 Å². The average molecular weight is 704 g/mol. The topological polar surface area (TPSA) is 56.5 Å². The van der Waals surface area contributed by atoms with Crippen LogP contribution in [0.5, 0.6) is 0 Å². The van der Waals surface area contributed by atoms with Gasteiger partial charge in [-0.05, 0) is 136 Å². The van der Waals surface area contributed by atoms with Gasteiger partial charge in [-0.25, -0.2) is 0 Å². The molecule has 0 radical (unpaired) electrons. The molecule has 0 aliphatic carbocycles. The van der Waals surface area contributed by atoms with Gasteiger partial charge in [-0.15, -0.1) is 0 Å². The van der Waals surface area contributed by atoms with E-state index in [1.807, 2.05) is 73.8 Å². The van der Waals surface area contributed by atoms with Crippen LogP contribution in [0.25, 0.3) is 94.3 Å². The highest BCUT2D eigenvalue weighted by Gasteiger charge is 2.17. The molecule has 0 saturated heterocycles. The summed E-state index contributed by atoms with van der Waals surface area (Å²) in [5, 5.41) is 2.38. The van der Waals surface area contributed by atoms with Crippen molar-refractivity contribution in [2.75, 3.05) is 0 Å². The minimum absolute atomic E-state index is 1.07. The number of fused-ring (bicyclic) bond motifs is 3. The van der Waals surface area contributed by atoms with E-state index in [9.17, 15) is 0 Å². The average Bonchev–Trinajstić information content (AvgIpc) is 3.60. The summed E-state index contributed by atoms with van der Waals surface area (Å²) in [6.45, 7) is 0. The van der Waals surface area contributed by atoms with Crippen molar-refractivity contribution in [2.45, 2.75) is 0 Å². The Morgan fingerprint density at radius 3 is 1.13 bits per heavy atom. The maximum absolute atomic E-state index is 4.42. The third-order valence-electron chi connectivity index (χ3n) is 10.3. The van der Waals surface area contributed by atoms with Gasteiger partial charge in [0.25, 0.3) is 0 Å². The minimum Gasteiger partial charge on any atom is -0.309 e. The minimum atomic E-state index is 1.07. The predicted octanol–water partition coefficient (Wildman–Crippen LogP) is 12.4. The second kappa shape index (κ2) is 13.8. The first-order chi connectivity index (χ1) is 27.2. The SMILES string of the molecule is c1ccc(-n2c3ccc(-c4cc(-c5cccnc5)cc(-c5cccnc5)c4)cc3c3ccc(-c4cc(-c5cccnc5)cc(-c5cccnc5)c4)cc32)cc1. The van der Waals surface area contributed by atoms with Crippen LogP contribution in [-0.2, 0) is 0 Å². The smallest absolute Gasteiger partial charge is 0.0547 e. The molecule has 10 aromatic rings. The number of hydrogen-bond acceptors (Lipinski definition) is 4.